The molecule has 1 amide bonds. The molecule has 0 saturated carbocycles. The van der Waals surface area contributed by atoms with E-state index in [0.29, 0.717) is 17.8 Å². The van der Waals surface area contributed by atoms with Crippen LogP contribution in [-0.2, 0) is 0 Å². The summed E-state index contributed by atoms with van der Waals surface area (Å²) in [4.78, 5) is 22.9. The van der Waals surface area contributed by atoms with Crippen molar-refractivity contribution >= 4 is 5.91 Å². The Kier molecular flexibility index (Phi) is 5.20. The first-order chi connectivity index (χ1) is 12.2. The van der Waals surface area contributed by atoms with Gasteiger partial charge in [0.2, 0.25) is 0 Å². The second kappa shape index (κ2) is 7.72. The molecule has 0 aliphatic rings. The van der Waals surface area contributed by atoms with Crippen LogP contribution >= 0.6 is 0 Å². The van der Waals surface area contributed by atoms with Crippen molar-refractivity contribution < 1.29 is 9.90 Å². The SMILES string of the molecule is CN(C(=O)c1ccnc(-n2ccnc2)c1)C(CCO)c1ccccc1. The van der Waals surface area contributed by atoms with Crippen molar-refractivity contribution in [1.29, 1.82) is 0 Å². The maximum absolute atomic E-state index is 12.9. The number of carbonyl (C=O) groups excluding carboxylic acids is 1. The van der Waals surface area contributed by atoms with Gasteiger partial charge in [0.25, 0.3) is 5.91 Å². The maximum atomic E-state index is 12.9. The molecule has 1 atom stereocenters. The van der Waals surface area contributed by atoms with E-state index < -0.39 is 0 Å². The summed E-state index contributed by atoms with van der Waals surface area (Å²) in [6, 6.07) is 13.0. The fourth-order valence-corrected chi connectivity index (χ4v) is 2.81. The summed E-state index contributed by atoms with van der Waals surface area (Å²) in [5.74, 6) is 0.515. The van der Waals surface area contributed by atoms with Gasteiger partial charge in [-0.2, -0.15) is 0 Å². The van der Waals surface area contributed by atoms with Gasteiger partial charge in [0.15, 0.2) is 0 Å². The molecule has 1 N–H and O–H groups in total. The van der Waals surface area contributed by atoms with Crippen LogP contribution in [0, 0.1) is 0 Å². The number of aliphatic hydroxyl groups excluding tert-OH is 1. The van der Waals surface area contributed by atoms with Crippen LogP contribution in [-0.4, -0.2) is 44.1 Å². The van der Waals surface area contributed by atoms with Crippen molar-refractivity contribution in [3.05, 3.63) is 78.5 Å². The molecule has 0 aliphatic carbocycles. The average molecular weight is 336 g/mol. The number of nitrogens with zero attached hydrogens (tertiary/aromatic N) is 4. The van der Waals surface area contributed by atoms with E-state index in [2.05, 4.69) is 9.97 Å². The molecule has 0 spiro atoms. The second-order valence-electron chi connectivity index (χ2n) is 5.73. The summed E-state index contributed by atoms with van der Waals surface area (Å²) < 4.78 is 1.75. The minimum absolute atomic E-state index is 0.00775. The molecule has 128 valence electrons. The standard InChI is InChI=1S/C19H20N4O2/c1-22(17(8-12-24)15-5-3-2-4-6-15)19(25)16-7-9-21-18(13-16)23-11-10-20-14-23/h2-7,9-11,13-14,17,24H,8,12H2,1H3. The minimum Gasteiger partial charge on any atom is -0.396 e. The van der Waals surface area contributed by atoms with Gasteiger partial charge in [-0.3, -0.25) is 9.36 Å². The third kappa shape index (κ3) is 3.75. The molecular formula is C19H20N4O2. The van der Waals surface area contributed by atoms with E-state index in [-0.39, 0.29) is 18.6 Å². The normalized spacial score (nSPS) is 11.9. The molecule has 3 rings (SSSR count). The lowest BCUT2D eigenvalue weighted by atomic mass is 10.0. The Hall–Kier alpha value is -2.99. The summed E-state index contributed by atoms with van der Waals surface area (Å²) in [5.41, 5.74) is 1.54. The molecule has 1 unspecified atom stereocenters. The Morgan fingerprint density at radius 1 is 1.24 bits per heavy atom. The predicted molar refractivity (Wildman–Crippen MR) is 94.3 cm³/mol. The van der Waals surface area contributed by atoms with Gasteiger partial charge >= 0.3 is 0 Å². The Labute approximate surface area is 146 Å². The summed E-state index contributed by atoms with van der Waals surface area (Å²) >= 11 is 0. The summed E-state index contributed by atoms with van der Waals surface area (Å²) in [6.07, 6.45) is 7.17. The third-order valence-electron chi connectivity index (χ3n) is 4.14. The summed E-state index contributed by atoms with van der Waals surface area (Å²) in [5, 5.41) is 9.41. The highest BCUT2D eigenvalue weighted by Crippen LogP contribution is 2.24. The number of carbonyl (C=O) groups is 1. The molecule has 1 aromatic carbocycles. The van der Waals surface area contributed by atoms with Crippen molar-refractivity contribution in [3.8, 4) is 5.82 Å². The number of pyridine rings is 1. The number of rotatable bonds is 6. The number of imidazole rings is 1. The smallest absolute Gasteiger partial charge is 0.254 e. The van der Waals surface area contributed by atoms with E-state index in [1.165, 1.54) is 0 Å². The molecular weight excluding hydrogens is 316 g/mol. The largest absolute Gasteiger partial charge is 0.396 e. The Balaban J connectivity index is 1.87. The molecule has 0 aliphatic heterocycles. The molecule has 0 saturated heterocycles. The Morgan fingerprint density at radius 3 is 2.72 bits per heavy atom. The van der Waals surface area contributed by atoms with Gasteiger partial charge in [-0.05, 0) is 24.1 Å². The van der Waals surface area contributed by atoms with Gasteiger partial charge in [0.05, 0.1) is 6.04 Å². The molecule has 6 nitrogen and oxygen atoms in total. The highest BCUT2D eigenvalue weighted by molar-refractivity contribution is 5.94. The zero-order chi connectivity index (χ0) is 17.6. The average Bonchev–Trinajstić information content (AvgIpc) is 3.20. The zero-order valence-electron chi connectivity index (χ0n) is 14.0. The van der Waals surface area contributed by atoms with Gasteiger partial charge in [-0.1, -0.05) is 30.3 Å². The first-order valence-corrected chi connectivity index (χ1v) is 8.08. The van der Waals surface area contributed by atoms with Crippen molar-refractivity contribution in [2.24, 2.45) is 0 Å². The molecule has 0 radical (unpaired) electrons. The number of hydrogen-bond donors (Lipinski definition) is 1. The molecule has 2 aromatic heterocycles. The highest BCUT2D eigenvalue weighted by atomic mass is 16.3. The van der Waals surface area contributed by atoms with Crippen LogP contribution in [0.2, 0.25) is 0 Å². The lowest BCUT2D eigenvalue weighted by Gasteiger charge is -2.28. The van der Waals surface area contributed by atoms with Crippen LogP contribution < -0.4 is 0 Å². The van der Waals surface area contributed by atoms with Crippen LogP contribution in [0.25, 0.3) is 5.82 Å². The van der Waals surface area contributed by atoms with Crippen molar-refractivity contribution in [1.82, 2.24) is 19.4 Å². The fourth-order valence-electron chi connectivity index (χ4n) is 2.81. The van der Waals surface area contributed by atoms with Crippen LogP contribution in [0.1, 0.15) is 28.4 Å². The van der Waals surface area contributed by atoms with Crippen LogP contribution in [0.5, 0.6) is 0 Å². The molecule has 0 bridgehead atoms. The van der Waals surface area contributed by atoms with Crippen molar-refractivity contribution in [3.63, 3.8) is 0 Å². The number of aromatic nitrogens is 3. The Morgan fingerprint density at radius 2 is 2.04 bits per heavy atom. The van der Waals surface area contributed by atoms with E-state index >= 15 is 0 Å². The van der Waals surface area contributed by atoms with Crippen LogP contribution in [0.4, 0.5) is 0 Å². The van der Waals surface area contributed by atoms with Crippen LogP contribution in [0.3, 0.4) is 0 Å². The van der Waals surface area contributed by atoms with E-state index in [1.54, 1.807) is 53.6 Å². The van der Waals surface area contributed by atoms with Gasteiger partial charge in [-0.15, -0.1) is 0 Å². The number of amides is 1. The van der Waals surface area contributed by atoms with E-state index in [0.717, 1.165) is 5.56 Å². The maximum Gasteiger partial charge on any atom is 0.254 e. The predicted octanol–water partition coefficient (Wildman–Crippen LogP) is 2.46. The molecule has 25 heavy (non-hydrogen) atoms. The van der Waals surface area contributed by atoms with Crippen LogP contribution in [0.15, 0.2) is 67.4 Å². The Bertz CT molecular complexity index is 818. The van der Waals surface area contributed by atoms with Gasteiger partial charge in [0.1, 0.15) is 12.1 Å². The lowest BCUT2D eigenvalue weighted by Crippen LogP contribution is -2.32. The summed E-state index contributed by atoms with van der Waals surface area (Å²) in [6.45, 7) is 0.00775. The molecule has 6 heteroatoms. The minimum atomic E-state index is -0.191. The molecule has 3 aromatic rings. The van der Waals surface area contributed by atoms with Gasteiger partial charge in [-0.25, -0.2) is 9.97 Å². The lowest BCUT2D eigenvalue weighted by molar-refractivity contribution is 0.0705. The topological polar surface area (TPSA) is 71.2 Å². The first kappa shape index (κ1) is 16.9. The second-order valence-corrected chi connectivity index (χ2v) is 5.73. The number of aliphatic hydroxyl groups is 1. The monoisotopic (exact) mass is 336 g/mol. The quantitative estimate of drug-likeness (QED) is 0.751. The van der Waals surface area contributed by atoms with Crippen molar-refractivity contribution in [2.45, 2.75) is 12.5 Å². The van der Waals surface area contributed by atoms with Gasteiger partial charge in [0, 0.05) is 37.8 Å². The van der Waals surface area contributed by atoms with E-state index in [9.17, 15) is 9.90 Å². The summed E-state index contributed by atoms with van der Waals surface area (Å²) in [7, 11) is 1.76. The highest BCUT2D eigenvalue weighted by Gasteiger charge is 2.22. The fraction of sp³-hybridized carbons (Fsp3) is 0.211. The molecule has 0 fully saturated rings. The number of hydrogen-bond acceptors (Lipinski definition) is 4. The van der Waals surface area contributed by atoms with Gasteiger partial charge < -0.3 is 10.0 Å². The third-order valence-corrected chi connectivity index (χ3v) is 4.14. The van der Waals surface area contributed by atoms with Crippen molar-refractivity contribution in [2.75, 3.05) is 13.7 Å². The molecule has 2 heterocycles. The first-order valence-electron chi connectivity index (χ1n) is 8.08. The number of benzene rings is 1. The zero-order valence-corrected chi connectivity index (χ0v) is 14.0. The van der Waals surface area contributed by atoms with E-state index in [1.807, 2.05) is 30.3 Å². The van der Waals surface area contributed by atoms with E-state index in [4.69, 9.17) is 0 Å².